The second kappa shape index (κ2) is 4.81. The molecule has 0 amide bonds. The molecule has 1 N–H and O–H groups in total. The van der Waals surface area contributed by atoms with E-state index in [9.17, 15) is 5.11 Å². The van der Waals surface area contributed by atoms with E-state index < -0.39 is 0 Å². The summed E-state index contributed by atoms with van der Waals surface area (Å²) >= 11 is 0. The van der Waals surface area contributed by atoms with Crippen molar-refractivity contribution in [2.24, 2.45) is 11.3 Å². The van der Waals surface area contributed by atoms with Crippen LogP contribution in [0.15, 0.2) is 12.4 Å². The number of aliphatic hydroxyl groups is 1. The Morgan fingerprint density at radius 2 is 2.35 bits per heavy atom. The first-order valence-corrected chi connectivity index (χ1v) is 6.75. The molecule has 1 heterocycles. The van der Waals surface area contributed by atoms with Crippen LogP contribution in [-0.4, -0.2) is 14.9 Å². The molecule has 1 aromatic rings. The summed E-state index contributed by atoms with van der Waals surface area (Å²) in [7, 11) is 0. The Bertz CT molecular complexity index is 370. The highest BCUT2D eigenvalue weighted by molar-refractivity contribution is 5.11. The maximum absolute atomic E-state index is 10.5. The molecular weight excluding hydrogens is 212 g/mol. The van der Waals surface area contributed by atoms with Crippen LogP contribution in [0.25, 0.3) is 0 Å². The van der Waals surface area contributed by atoms with Gasteiger partial charge in [-0.25, -0.2) is 0 Å². The maximum atomic E-state index is 10.5. The van der Waals surface area contributed by atoms with E-state index in [1.807, 2.05) is 17.1 Å². The van der Waals surface area contributed by atoms with Crippen molar-refractivity contribution in [1.29, 1.82) is 0 Å². The van der Waals surface area contributed by atoms with E-state index in [-0.39, 0.29) is 11.5 Å². The van der Waals surface area contributed by atoms with Crippen LogP contribution < -0.4 is 0 Å². The van der Waals surface area contributed by atoms with Gasteiger partial charge in [-0.3, -0.25) is 4.68 Å². The molecule has 0 saturated heterocycles. The van der Waals surface area contributed by atoms with Crippen LogP contribution in [0.5, 0.6) is 0 Å². The van der Waals surface area contributed by atoms with Crippen LogP contribution in [0, 0.1) is 11.3 Å². The summed E-state index contributed by atoms with van der Waals surface area (Å²) in [6.45, 7) is 7.60. The molecule has 1 aromatic heterocycles. The van der Waals surface area contributed by atoms with Gasteiger partial charge in [0.15, 0.2) is 0 Å². The molecule has 0 aromatic carbocycles. The van der Waals surface area contributed by atoms with Crippen LogP contribution in [0.3, 0.4) is 0 Å². The molecule has 0 spiro atoms. The standard InChI is InChI=1S/C14H24N2O/c1-4-8-16-10-11(9-15-16)13(17)12-6-5-7-14(12,2)3/h9-10,12-13,17H,4-8H2,1-3H3. The molecular formula is C14H24N2O. The van der Waals surface area contributed by atoms with Crippen molar-refractivity contribution in [2.45, 2.75) is 59.1 Å². The van der Waals surface area contributed by atoms with Gasteiger partial charge in [-0.15, -0.1) is 0 Å². The fourth-order valence-corrected chi connectivity index (χ4v) is 3.05. The van der Waals surface area contributed by atoms with Crippen molar-refractivity contribution in [3.63, 3.8) is 0 Å². The highest BCUT2D eigenvalue weighted by Crippen LogP contribution is 2.48. The first-order valence-electron chi connectivity index (χ1n) is 6.75. The average Bonchev–Trinajstić information content (AvgIpc) is 2.84. The Morgan fingerprint density at radius 3 is 2.94 bits per heavy atom. The summed E-state index contributed by atoms with van der Waals surface area (Å²) in [4.78, 5) is 0. The topological polar surface area (TPSA) is 38.0 Å². The zero-order valence-corrected chi connectivity index (χ0v) is 11.2. The Morgan fingerprint density at radius 1 is 1.59 bits per heavy atom. The van der Waals surface area contributed by atoms with Gasteiger partial charge >= 0.3 is 0 Å². The van der Waals surface area contributed by atoms with Gasteiger partial charge in [-0.1, -0.05) is 27.2 Å². The molecule has 1 saturated carbocycles. The third-order valence-corrected chi connectivity index (χ3v) is 4.17. The van der Waals surface area contributed by atoms with E-state index in [4.69, 9.17) is 0 Å². The molecule has 0 bridgehead atoms. The van der Waals surface area contributed by atoms with Crippen molar-refractivity contribution >= 4 is 0 Å². The van der Waals surface area contributed by atoms with Gasteiger partial charge in [-0.2, -0.15) is 5.10 Å². The van der Waals surface area contributed by atoms with Gasteiger partial charge in [0.2, 0.25) is 0 Å². The van der Waals surface area contributed by atoms with Crippen molar-refractivity contribution < 1.29 is 5.11 Å². The fraction of sp³-hybridized carbons (Fsp3) is 0.786. The normalized spacial score (nSPS) is 25.1. The molecule has 1 fully saturated rings. The Kier molecular flexibility index (Phi) is 3.57. The molecule has 1 aliphatic rings. The molecule has 0 aliphatic heterocycles. The summed E-state index contributed by atoms with van der Waals surface area (Å²) in [5, 5.41) is 14.8. The van der Waals surface area contributed by atoms with E-state index in [0.29, 0.717) is 5.92 Å². The molecule has 2 unspecified atom stereocenters. The number of rotatable bonds is 4. The van der Waals surface area contributed by atoms with Crippen LogP contribution >= 0.6 is 0 Å². The Hall–Kier alpha value is -0.830. The number of aromatic nitrogens is 2. The predicted molar refractivity (Wildman–Crippen MR) is 68.6 cm³/mol. The largest absolute Gasteiger partial charge is 0.388 e. The van der Waals surface area contributed by atoms with Gasteiger partial charge in [0, 0.05) is 18.3 Å². The minimum absolute atomic E-state index is 0.256. The van der Waals surface area contributed by atoms with E-state index in [0.717, 1.165) is 24.9 Å². The fourth-order valence-electron chi connectivity index (χ4n) is 3.05. The Balaban J connectivity index is 2.10. The molecule has 3 nitrogen and oxygen atoms in total. The van der Waals surface area contributed by atoms with Crippen LogP contribution in [-0.2, 0) is 6.54 Å². The highest BCUT2D eigenvalue weighted by Gasteiger charge is 2.39. The number of hydrogen-bond donors (Lipinski definition) is 1. The number of nitrogens with zero attached hydrogens (tertiary/aromatic N) is 2. The SMILES string of the molecule is CCCn1cc(C(O)C2CCCC2(C)C)cn1. The second-order valence-electron chi connectivity index (χ2n) is 5.97. The summed E-state index contributed by atoms with van der Waals surface area (Å²) < 4.78 is 1.93. The molecule has 96 valence electrons. The lowest BCUT2D eigenvalue weighted by Crippen LogP contribution is -2.23. The second-order valence-corrected chi connectivity index (χ2v) is 5.97. The van der Waals surface area contributed by atoms with Crippen molar-refractivity contribution in [2.75, 3.05) is 0 Å². The highest BCUT2D eigenvalue weighted by atomic mass is 16.3. The van der Waals surface area contributed by atoms with Gasteiger partial charge < -0.3 is 5.11 Å². The van der Waals surface area contributed by atoms with Crippen LogP contribution in [0.2, 0.25) is 0 Å². The monoisotopic (exact) mass is 236 g/mol. The van der Waals surface area contributed by atoms with Gasteiger partial charge in [0.25, 0.3) is 0 Å². The predicted octanol–water partition coefficient (Wildman–Crippen LogP) is 3.15. The minimum atomic E-state index is -0.349. The third kappa shape index (κ3) is 2.54. The lowest BCUT2D eigenvalue weighted by Gasteiger charge is -2.30. The van der Waals surface area contributed by atoms with E-state index in [1.165, 1.54) is 12.8 Å². The Labute approximate surface area is 104 Å². The van der Waals surface area contributed by atoms with Crippen LogP contribution in [0.1, 0.15) is 58.1 Å². The number of hydrogen-bond acceptors (Lipinski definition) is 2. The lowest BCUT2D eigenvalue weighted by atomic mass is 9.77. The zero-order valence-electron chi connectivity index (χ0n) is 11.2. The first kappa shape index (κ1) is 12.6. The lowest BCUT2D eigenvalue weighted by molar-refractivity contribution is 0.0531. The van der Waals surface area contributed by atoms with E-state index in [2.05, 4.69) is 25.9 Å². The molecule has 0 radical (unpaired) electrons. The molecule has 2 rings (SSSR count). The van der Waals surface area contributed by atoms with E-state index >= 15 is 0 Å². The average molecular weight is 236 g/mol. The van der Waals surface area contributed by atoms with Crippen molar-refractivity contribution in [1.82, 2.24) is 9.78 Å². The molecule has 3 heteroatoms. The molecule has 2 atom stereocenters. The molecule has 1 aliphatic carbocycles. The third-order valence-electron chi connectivity index (χ3n) is 4.17. The first-order chi connectivity index (χ1) is 8.04. The van der Waals surface area contributed by atoms with Crippen molar-refractivity contribution in [3.8, 4) is 0 Å². The van der Waals surface area contributed by atoms with Crippen molar-refractivity contribution in [3.05, 3.63) is 18.0 Å². The zero-order chi connectivity index (χ0) is 12.5. The quantitative estimate of drug-likeness (QED) is 0.872. The van der Waals surface area contributed by atoms with Gasteiger partial charge in [0.1, 0.15) is 0 Å². The summed E-state index contributed by atoms with van der Waals surface area (Å²) in [5.74, 6) is 0.377. The number of aliphatic hydroxyl groups excluding tert-OH is 1. The summed E-state index contributed by atoms with van der Waals surface area (Å²) in [6.07, 6.45) is 8.14. The minimum Gasteiger partial charge on any atom is -0.388 e. The summed E-state index contributed by atoms with van der Waals surface area (Å²) in [5.41, 5.74) is 1.24. The smallest absolute Gasteiger partial charge is 0.0853 e. The maximum Gasteiger partial charge on any atom is 0.0853 e. The van der Waals surface area contributed by atoms with Crippen LogP contribution in [0.4, 0.5) is 0 Å². The summed E-state index contributed by atoms with van der Waals surface area (Å²) in [6, 6.07) is 0. The van der Waals surface area contributed by atoms with E-state index in [1.54, 1.807) is 0 Å². The van der Waals surface area contributed by atoms with Gasteiger partial charge in [-0.05, 0) is 30.6 Å². The molecule has 17 heavy (non-hydrogen) atoms. The number of aryl methyl sites for hydroxylation is 1. The van der Waals surface area contributed by atoms with Gasteiger partial charge in [0.05, 0.1) is 12.3 Å².